The van der Waals surface area contributed by atoms with Crippen LogP contribution in [0.15, 0.2) is 65.7 Å². The third-order valence-electron chi connectivity index (χ3n) is 5.27. The van der Waals surface area contributed by atoms with Crippen LogP contribution in [-0.4, -0.2) is 28.5 Å². The second-order valence-electron chi connectivity index (χ2n) is 7.31. The number of aliphatic imine (C=N–C) groups is 1. The maximum Gasteiger partial charge on any atom is 0.328 e. The molecule has 0 aromatic heterocycles. The van der Waals surface area contributed by atoms with Gasteiger partial charge in [0.2, 0.25) is 0 Å². The van der Waals surface area contributed by atoms with Gasteiger partial charge >= 0.3 is 5.97 Å². The van der Waals surface area contributed by atoms with Gasteiger partial charge in [-0.2, -0.15) is 0 Å². The van der Waals surface area contributed by atoms with Gasteiger partial charge in [-0.15, -0.1) is 0 Å². The van der Waals surface area contributed by atoms with Gasteiger partial charge in [0.15, 0.2) is 0 Å². The summed E-state index contributed by atoms with van der Waals surface area (Å²) in [6, 6.07) is 18.3. The number of nitrogens with zero attached hydrogens (tertiary/aromatic N) is 1. The second kappa shape index (κ2) is 8.94. The molecule has 142 valence electrons. The van der Waals surface area contributed by atoms with E-state index in [4.69, 9.17) is 0 Å². The van der Waals surface area contributed by atoms with Gasteiger partial charge in [-0.05, 0) is 32.1 Å². The molecule has 1 atom stereocenters. The summed E-state index contributed by atoms with van der Waals surface area (Å²) < 4.78 is 14.6. The summed E-state index contributed by atoms with van der Waals surface area (Å²) in [5.41, 5.74) is 1.33. The smallest absolute Gasteiger partial charge is 0.328 e. The minimum absolute atomic E-state index is 0.351. The van der Waals surface area contributed by atoms with E-state index in [1.807, 2.05) is 60.7 Å². The molecule has 3 rings (SSSR count). The van der Waals surface area contributed by atoms with Crippen LogP contribution in [0.5, 0.6) is 0 Å². The summed E-state index contributed by atoms with van der Waals surface area (Å²) >= 11 is 0. The zero-order chi connectivity index (χ0) is 19.1. The Kier molecular flexibility index (Phi) is 6.38. The van der Waals surface area contributed by atoms with Crippen LogP contribution in [-0.2, 0) is 4.79 Å². The van der Waals surface area contributed by atoms with Crippen LogP contribution in [0.2, 0.25) is 0 Å². The summed E-state index contributed by atoms with van der Waals surface area (Å²) in [5, 5.41) is 9.67. The minimum Gasteiger partial charge on any atom is -0.480 e. The average Bonchev–Trinajstić information content (AvgIpc) is 3.12. The van der Waals surface area contributed by atoms with Crippen LogP contribution in [0.4, 0.5) is 4.39 Å². The Balaban J connectivity index is 1.80. The molecule has 27 heavy (non-hydrogen) atoms. The first-order valence-electron chi connectivity index (χ1n) is 9.68. The number of carboxylic acids is 1. The van der Waals surface area contributed by atoms with Crippen molar-refractivity contribution < 1.29 is 14.3 Å². The molecular weight excluding hydrogens is 341 g/mol. The van der Waals surface area contributed by atoms with Crippen molar-refractivity contribution in [1.29, 1.82) is 0 Å². The lowest BCUT2D eigenvalue weighted by atomic mass is 9.95. The third-order valence-corrected chi connectivity index (χ3v) is 5.27. The highest BCUT2D eigenvalue weighted by Crippen LogP contribution is 2.37. The zero-order valence-electron chi connectivity index (χ0n) is 15.5. The Morgan fingerprint density at radius 2 is 1.52 bits per heavy atom. The molecule has 0 bridgehead atoms. The number of carboxylic acid groups (broad SMARTS) is 1. The first kappa shape index (κ1) is 19.3. The molecule has 1 N–H and O–H groups in total. The van der Waals surface area contributed by atoms with E-state index in [-0.39, 0.29) is 0 Å². The largest absolute Gasteiger partial charge is 0.480 e. The van der Waals surface area contributed by atoms with Crippen molar-refractivity contribution in [3.63, 3.8) is 0 Å². The van der Waals surface area contributed by atoms with Crippen molar-refractivity contribution >= 4 is 11.7 Å². The topological polar surface area (TPSA) is 49.7 Å². The van der Waals surface area contributed by atoms with E-state index in [9.17, 15) is 14.3 Å². The Hall–Kier alpha value is -2.49. The second-order valence-corrected chi connectivity index (χ2v) is 7.31. The van der Waals surface area contributed by atoms with Crippen LogP contribution in [0.3, 0.4) is 0 Å². The van der Waals surface area contributed by atoms with E-state index in [2.05, 4.69) is 4.99 Å². The van der Waals surface area contributed by atoms with E-state index in [1.54, 1.807) is 0 Å². The number of carbonyl (C=O) groups is 1. The van der Waals surface area contributed by atoms with Gasteiger partial charge in [0, 0.05) is 11.1 Å². The quantitative estimate of drug-likeness (QED) is 0.633. The van der Waals surface area contributed by atoms with Gasteiger partial charge < -0.3 is 5.11 Å². The molecule has 0 amide bonds. The van der Waals surface area contributed by atoms with Crippen molar-refractivity contribution in [1.82, 2.24) is 0 Å². The number of hydrogen-bond donors (Lipinski definition) is 1. The highest BCUT2D eigenvalue weighted by molar-refractivity contribution is 6.13. The van der Waals surface area contributed by atoms with Crippen molar-refractivity contribution in [2.75, 3.05) is 0 Å². The van der Waals surface area contributed by atoms with Crippen molar-refractivity contribution in [3.05, 3.63) is 71.8 Å². The van der Waals surface area contributed by atoms with Crippen LogP contribution < -0.4 is 0 Å². The van der Waals surface area contributed by atoms with E-state index in [1.165, 1.54) is 0 Å². The number of rotatable bonds is 8. The number of benzene rings is 2. The summed E-state index contributed by atoms with van der Waals surface area (Å²) in [6.07, 6.45) is 4.39. The lowest BCUT2D eigenvalue weighted by molar-refractivity contribution is -0.138. The van der Waals surface area contributed by atoms with Gasteiger partial charge in [0.05, 0.1) is 5.71 Å². The van der Waals surface area contributed by atoms with Crippen LogP contribution in [0.25, 0.3) is 0 Å². The molecule has 0 aliphatic heterocycles. The van der Waals surface area contributed by atoms with Crippen LogP contribution in [0, 0.1) is 0 Å². The molecule has 1 unspecified atom stereocenters. The predicted octanol–water partition coefficient (Wildman–Crippen LogP) is 5.43. The summed E-state index contributed by atoms with van der Waals surface area (Å²) in [7, 11) is 0. The Morgan fingerprint density at radius 3 is 2.00 bits per heavy atom. The predicted molar refractivity (Wildman–Crippen MR) is 106 cm³/mol. The molecular formula is C23H26FNO2. The van der Waals surface area contributed by atoms with Gasteiger partial charge in [-0.3, -0.25) is 4.99 Å². The molecule has 0 radical (unpaired) electrons. The summed E-state index contributed by atoms with van der Waals surface area (Å²) in [6.45, 7) is 0. The van der Waals surface area contributed by atoms with Crippen molar-refractivity contribution in [3.8, 4) is 0 Å². The van der Waals surface area contributed by atoms with E-state index in [0.29, 0.717) is 37.8 Å². The fraction of sp³-hybridized carbons (Fsp3) is 0.391. The maximum atomic E-state index is 14.6. The molecule has 2 aromatic rings. The highest BCUT2D eigenvalue weighted by atomic mass is 19.1. The maximum absolute atomic E-state index is 14.6. The SMILES string of the molecule is O=C(O)C(CCCC1(F)CCCC1)N=C(c1ccccc1)c1ccccc1. The fourth-order valence-corrected chi connectivity index (χ4v) is 3.78. The molecule has 3 nitrogen and oxygen atoms in total. The molecule has 1 aliphatic rings. The number of hydrogen-bond acceptors (Lipinski definition) is 2. The molecule has 2 aromatic carbocycles. The number of halogens is 1. The van der Waals surface area contributed by atoms with Gasteiger partial charge in [0.1, 0.15) is 11.7 Å². The summed E-state index contributed by atoms with van der Waals surface area (Å²) in [5.74, 6) is -0.960. The lowest BCUT2D eigenvalue weighted by Crippen LogP contribution is -2.23. The highest BCUT2D eigenvalue weighted by Gasteiger charge is 2.33. The Morgan fingerprint density at radius 1 is 1.00 bits per heavy atom. The lowest BCUT2D eigenvalue weighted by Gasteiger charge is -2.19. The van der Waals surface area contributed by atoms with Crippen LogP contribution >= 0.6 is 0 Å². The molecule has 0 heterocycles. The Bertz CT molecular complexity index is 726. The standard InChI is InChI=1S/C23H26FNO2/c24-23(15-7-8-16-23)17-9-14-20(22(26)27)25-21(18-10-3-1-4-11-18)19-12-5-2-6-13-19/h1-6,10-13,20H,7-9,14-17H2,(H,26,27). The monoisotopic (exact) mass is 367 g/mol. The number of aliphatic carboxylic acids is 1. The van der Waals surface area contributed by atoms with E-state index >= 15 is 0 Å². The van der Waals surface area contributed by atoms with Gasteiger partial charge in [0.25, 0.3) is 0 Å². The Labute approximate surface area is 160 Å². The normalized spacial score (nSPS) is 16.6. The number of alkyl halides is 1. The summed E-state index contributed by atoms with van der Waals surface area (Å²) in [4.78, 5) is 16.4. The van der Waals surface area contributed by atoms with E-state index in [0.717, 1.165) is 24.0 Å². The molecule has 0 spiro atoms. The molecule has 1 saturated carbocycles. The molecule has 0 saturated heterocycles. The average molecular weight is 367 g/mol. The fourth-order valence-electron chi connectivity index (χ4n) is 3.78. The van der Waals surface area contributed by atoms with Crippen molar-refractivity contribution in [2.24, 2.45) is 4.99 Å². The van der Waals surface area contributed by atoms with E-state index < -0.39 is 17.7 Å². The van der Waals surface area contributed by atoms with Crippen LogP contribution in [0.1, 0.15) is 56.1 Å². The molecule has 4 heteroatoms. The first-order chi connectivity index (χ1) is 13.1. The molecule has 1 aliphatic carbocycles. The van der Waals surface area contributed by atoms with Gasteiger partial charge in [-0.25, -0.2) is 9.18 Å². The third kappa shape index (κ3) is 5.25. The zero-order valence-corrected chi connectivity index (χ0v) is 15.5. The van der Waals surface area contributed by atoms with Crippen molar-refractivity contribution in [2.45, 2.75) is 56.7 Å². The minimum atomic E-state index is -1.10. The first-order valence-corrected chi connectivity index (χ1v) is 9.68. The van der Waals surface area contributed by atoms with Gasteiger partial charge in [-0.1, -0.05) is 73.5 Å². The molecule has 1 fully saturated rings.